The molecule has 0 spiro atoms. The molecule has 1 saturated carbocycles. The summed E-state index contributed by atoms with van der Waals surface area (Å²) in [6.07, 6.45) is 3.34. The van der Waals surface area contributed by atoms with Crippen molar-refractivity contribution in [3.05, 3.63) is 0 Å². The van der Waals surface area contributed by atoms with Crippen LogP contribution < -0.4 is 0 Å². The van der Waals surface area contributed by atoms with Crippen molar-refractivity contribution >= 4 is 5.97 Å². The van der Waals surface area contributed by atoms with Gasteiger partial charge >= 0.3 is 5.97 Å². The molecule has 1 heterocycles. The van der Waals surface area contributed by atoms with Crippen molar-refractivity contribution in [2.45, 2.75) is 44.3 Å². The van der Waals surface area contributed by atoms with Crippen LogP contribution in [0, 0.1) is 5.92 Å². The number of nitrogens with zero attached hydrogens (tertiary/aromatic N) is 1. The average Bonchev–Trinajstić information content (AvgIpc) is 2.65. The Morgan fingerprint density at radius 1 is 1.20 bits per heavy atom. The third-order valence-corrected chi connectivity index (χ3v) is 3.72. The molecule has 0 radical (unpaired) electrons. The molecule has 2 fully saturated rings. The number of carboxylic acid groups (broad SMARTS) is 1. The molecule has 0 aromatic carbocycles. The van der Waals surface area contributed by atoms with Crippen molar-refractivity contribution in [2.24, 2.45) is 5.92 Å². The molecule has 2 rings (SSSR count). The van der Waals surface area contributed by atoms with E-state index in [9.17, 15) is 9.18 Å². The van der Waals surface area contributed by atoms with Gasteiger partial charge in [-0.15, -0.1) is 0 Å². The van der Waals surface area contributed by atoms with Crippen LogP contribution in [0.5, 0.6) is 0 Å². The molecule has 15 heavy (non-hydrogen) atoms. The zero-order chi connectivity index (χ0) is 10.8. The van der Waals surface area contributed by atoms with Gasteiger partial charge in [-0.25, -0.2) is 4.39 Å². The van der Waals surface area contributed by atoms with Crippen molar-refractivity contribution in [1.82, 2.24) is 4.90 Å². The molecule has 1 aliphatic carbocycles. The van der Waals surface area contributed by atoms with E-state index in [2.05, 4.69) is 4.90 Å². The SMILES string of the molecule is O=C(O)C1CCC(N2CCC(F)C2)CC1. The Balaban J connectivity index is 1.80. The summed E-state index contributed by atoms with van der Waals surface area (Å²) in [4.78, 5) is 13.0. The summed E-state index contributed by atoms with van der Waals surface area (Å²) < 4.78 is 13.0. The van der Waals surface area contributed by atoms with Gasteiger partial charge in [-0.3, -0.25) is 9.69 Å². The van der Waals surface area contributed by atoms with E-state index < -0.39 is 12.1 Å². The smallest absolute Gasteiger partial charge is 0.306 e. The van der Waals surface area contributed by atoms with Crippen molar-refractivity contribution in [3.63, 3.8) is 0 Å². The Labute approximate surface area is 89.3 Å². The van der Waals surface area contributed by atoms with Gasteiger partial charge in [0.2, 0.25) is 0 Å². The van der Waals surface area contributed by atoms with E-state index in [4.69, 9.17) is 5.11 Å². The van der Waals surface area contributed by atoms with Crippen LogP contribution >= 0.6 is 0 Å². The van der Waals surface area contributed by atoms with Crippen LogP contribution in [-0.2, 0) is 4.79 Å². The second kappa shape index (κ2) is 4.47. The normalized spacial score (nSPS) is 38.1. The fourth-order valence-corrected chi connectivity index (χ4v) is 2.76. The Morgan fingerprint density at radius 3 is 2.33 bits per heavy atom. The first-order valence-corrected chi connectivity index (χ1v) is 5.77. The molecule has 1 aliphatic heterocycles. The number of likely N-dealkylation sites (tertiary alicyclic amines) is 1. The minimum Gasteiger partial charge on any atom is -0.481 e. The summed E-state index contributed by atoms with van der Waals surface area (Å²) in [7, 11) is 0. The molecule has 4 heteroatoms. The lowest BCUT2D eigenvalue weighted by atomic mass is 9.85. The van der Waals surface area contributed by atoms with Gasteiger partial charge in [-0.05, 0) is 32.1 Å². The summed E-state index contributed by atoms with van der Waals surface area (Å²) in [6.45, 7) is 1.41. The summed E-state index contributed by atoms with van der Waals surface area (Å²) >= 11 is 0. The van der Waals surface area contributed by atoms with Crippen LogP contribution in [0.3, 0.4) is 0 Å². The first-order valence-electron chi connectivity index (χ1n) is 5.77. The number of hydrogen-bond acceptors (Lipinski definition) is 2. The van der Waals surface area contributed by atoms with Crippen LogP contribution in [0.1, 0.15) is 32.1 Å². The van der Waals surface area contributed by atoms with Gasteiger partial charge in [0.05, 0.1) is 5.92 Å². The Morgan fingerprint density at radius 2 is 1.87 bits per heavy atom. The van der Waals surface area contributed by atoms with E-state index in [0.717, 1.165) is 32.2 Å². The first kappa shape index (κ1) is 10.9. The molecular formula is C11H18FNO2. The van der Waals surface area contributed by atoms with Gasteiger partial charge in [0.1, 0.15) is 6.17 Å². The van der Waals surface area contributed by atoms with Crippen LogP contribution in [-0.4, -0.2) is 41.3 Å². The van der Waals surface area contributed by atoms with Crippen LogP contribution in [0.2, 0.25) is 0 Å². The third kappa shape index (κ3) is 2.48. The summed E-state index contributed by atoms with van der Waals surface area (Å²) in [5, 5.41) is 8.86. The quantitative estimate of drug-likeness (QED) is 0.761. The van der Waals surface area contributed by atoms with E-state index in [0.29, 0.717) is 19.0 Å². The number of alkyl halides is 1. The summed E-state index contributed by atoms with van der Waals surface area (Å²) in [5.41, 5.74) is 0. The first-order chi connectivity index (χ1) is 7.16. The molecule has 86 valence electrons. The van der Waals surface area contributed by atoms with Gasteiger partial charge in [0.25, 0.3) is 0 Å². The Bertz CT molecular complexity index is 239. The molecule has 3 nitrogen and oxygen atoms in total. The molecule has 0 aromatic heterocycles. The monoisotopic (exact) mass is 215 g/mol. The predicted molar refractivity (Wildman–Crippen MR) is 54.5 cm³/mol. The number of rotatable bonds is 2. The largest absolute Gasteiger partial charge is 0.481 e. The molecule has 1 saturated heterocycles. The standard InChI is InChI=1S/C11H18FNO2/c12-9-5-6-13(7-9)10-3-1-8(2-4-10)11(14)15/h8-10H,1-7H2,(H,14,15). The molecule has 0 aromatic rings. The molecule has 1 N–H and O–H groups in total. The number of carboxylic acids is 1. The fourth-order valence-electron chi connectivity index (χ4n) is 2.76. The second-order valence-electron chi connectivity index (χ2n) is 4.72. The van der Waals surface area contributed by atoms with E-state index >= 15 is 0 Å². The van der Waals surface area contributed by atoms with Crippen LogP contribution in [0.25, 0.3) is 0 Å². The fraction of sp³-hybridized carbons (Fsp3) is 0.909. The molecule has 1 unspecified atom stereocenters. The molecule has 0 amide bonds. The van der Waals surface area contributed by atoms with Gasteiger partial charge in [-0.1, -0.05) is 0 Å². The van der Waals surface area contributed by atoms with Gasteiger partial charge in [-0.2, -0.15) is 0 Å². The average molecular weight is 215 g/mol. The Kier molecular flexibility index (Phi) is 3.24. The zero-order valence-electron chi connectivity index (χ0n) is 8.86. The number of carbonyl (C=O) groups is 1. The molecule has 0 bridgehead atoms. The zero-order valence-corrected chi connectivity index (χ0v) is 8.86. The second-order valence-corrected chi connectivity index (χ2v) is 4.72. The highest BCUT2D eigenvalue weighted by atomic mass is 19.1. The predicted octanol–water partition coefficient (Wildman–Crippen LogP) is 1.67. The molecule has 1 atom stereocenters. The van der Waals surface area contributed by atoms with Gasteiger partial charge < -0.3 is 5.11 Å². The number of aliphatic carboxylic acids is 1. The van der Waals surface area contributed by atoms with E-state index in [1.54, 1.807) is 0 Å². The minimum atomic E-state index is -0.668. The maximum atomic E-state index is 13.0. The highest BCUT2D eigenvalue weighted by Crippen LogP contribution is 2.30. The maximum absolute atomic E-state index is 13.0. The third-order valence-electron chi connectivity index (χ3n) is 3.72. The number of halogens is 1. The van der Waals surface area contributed by atoms with Gasteiger partial charge in [0, 0.05) is 19.1 Å². The minimum absolute atomic E-state index is 0.162. The lowest BCUT2D eigenvalue weighted by Gasteiger charge is -2.32. The van der Waals surface area contributed by atoms with Crippen LogP contribution in [0.4, 0.5) is 4.39 Å². The topological polar surface area (TPSA) is 40.5 Å². The molecule has 2 aliphatic rings. The van der Waals surface area contributed by atoms with Gasteiger partial charge in [0.15, 0.2) is 0 Å². The summed E-state index contributed by atoms with van der Waals surface area (Å²) in [5.74, 6) is -0.830. The molecular weight excluding hydrogens is 197 g/mol. The van der Waals surface area contributed by atoms with E-state index in [1.807, 2.05) is 0 Å². The highest BCUT2D eigenvalue weighted by Gasteiger charge is 2.32. The maximum Gasteiger partial charge on any atom is 0.306 e. The van der Waals surface area contributed by atoms with Crippen molar-refractivity contribution in [1.29, 1.82) is 0 Å². The number of hydrogen-bond donors (Lipinski definition) is 1. The Hall–Kier alpha value is -0.640. The lowest BCUT2D eigenvalue weighted by Crippen LogP contribution is -2.37. The highest BCUT2D eigenvalue weighted by molar-refractivity contribution is 5.70. The van der Waals surface area contributed by atoms with E-state index in [1.165, 1.54) is 0 Å². The van der Waals surface area contributed by atoms with Crippen molar-refractivity contribution in [3.8, 4) is 0 Å². The lowest BCUT2D eigenvalue weighted by molar-refractivity contribution is -0.143. The van der Waals surface area contributed by atoms with Crippen LogP contribution in [0.15, 0.2) is 0 Å². The van der Waals surface area contributed by atoms with E-state index in [-0.39, 0.29) is 5.92 Å². The summed E-state index contributed by atoms with van der Waals surface area (Å²) in [6, 6.07) is 0.432. The van der Waals surface area contributed by atoms with Crippen molar-refractivity contribution < 1.29 is 14.3 Å². The van der Waals surface area contributed by atoms with Crippen molar-refractivity contribution in [2.75, 3.05) is 13.1 Å².